The van der Waals surface area contributed by atoms with E-state index in [0.29, 0.717) is 35.9 Å². The number of nitrogens with one attached hydrogen (secondary N) is 3. The van der Waals surface area contributed by atoms with E-state index in [4.69, 9.17) is 10.5 Å². The second kappa shape index (κ2) is 9.23. The van der Waals surface area contributed by atoms with Crippen LogP contribution >= 0.6 is 0 Å². The van der Waals surface area contributed by atoms with Gasteiger partial charge in [0.05, 0.1) is 18.2 Å². The van der Waals surface area contributed by atoms with Gasteiger partial charge >= 0.3 is 0 Å². The third kappa shape index (κ3) is 4.57. The molecule has 4 rings (SSSR count). The fourth-order valence-electron chi connectivity index (χ4n) is 3.77. The van der Waals surface area contributed by atoms with Crippen LogP contribution in [-0.4, -0.2) is 68.3 Å². The van der Waals surface area contributed by atoms with Crippen LogP contribution in [0.3, 0.4) is 0 Å². The number of hydrogen-bond donors (Lipinski definition) is 4. The lowest BCUT2D eigenvalue weighted by Crippen LogP contribution is -2.44. The summed E-state index contributed by atoms with van der Waals surface area (Å²) in [5, 5.41) is 7.77. The van der Waals surface area contributed by atoms with Gasteiger partial charge in [-0.3, -0.25) is 4.79 Å². The molecule has 0 spiro atoms. The van der Waals surface area contributed by atoms with Gasteiger partial charge in [-0.25, -0.2) is 4.98 Å². The molecule has 1 fully saturated rings. The molecule has 1 aromatic carbocycles. The lowest BCUT2D eigenvalue weighted by molar-refractivity contribution is 0.312. The summed E-state index contributed by atoms with van der Waals surface area (Å²) >= 11 is 0. The van der Waals surface area contributed by atoms with Crippen molar-refractivity contribution in [3.63, 3.8) is 0 Å². The van der Waals surface area contributed by atoms with E-state index in [2.05, 4.69) is 43.5 Å². The molecule has 3 heterocycles. The Bertz CT molecular complexity index is 1110. The van der Waals surface area contributed by atoms with Gasteiger partial charge in [0.1, 0.15) is 17.4 Å². The minimum atomic E-state index is -0.203. The highest BCUT2D eigenvalue weighted by Gasteiger charge is 2.17. The zero-order chi connectivity index (χ0) is 21.8. The summed E-state index contributed by atoms with van der Waals surface area (Å²) in [6.07, 6.45) is 1.63. The van der Waals surface area contributed by atoms with Gasteiger partial charge in [-0.2, -0.15) is 0 Å². The molecule has 0 radical (unpaired) electrons. The maximum atomic E-state index is 12.5. The molecule has 9 nitrogen and oxygen atoms in total. The Kier molecular flexibility index (Phi) is 6.24. The Morgan fingerprint density at radius 3 is 2.74 bits per heavy atom. The Hall–Kier alpha value is -3.30. The predicted molar refractivity (Wildman–Crippen MR) is 126 cm³/mol. The van der Waals surface area contributed by atoms with E-state index in [1.54, 1.807) is 13.3 Å². The number of aromatic amines is 1. The Labute approximate surface area is 181 Å². The first-order chi connectivity index (χ1) is 15.1. The quantitative estimate of drug-likeness (QED) is 0.455. The van der Waals surface area contributed by atoms with E-state index >= 15 is 0 Å². The van der Waals surface area contributed by atoms with E-state index in [9.17, 15) is 4.79 Å². The molecular weight excluding hydrogens is 394 g/mol. The number of likely N-dealkylation sites (N-methyl/N-ethyl adjacent to an activating group) is 1. The second-order valence-corrected chi connectivity index (χ2v) is 7.64. The summed E-state index contributed by atoms with van der Waals surface area (Å²) in [6.45, 7) is 5.09. The van der Waals surface area contributed by atoms with Crippen LogP contribution in [0.5, 0.6) is 5.75 Å². The number of ether oxygens (including phenoxy) is 1. The Balaban J connectivity index is 1.68. The summed E-state index contributed by atoms with van der Waals surface area (Å²) in [7, 11) is 3.78. The molecule has 0 atom stereocenters. The number of pyridine rings is 2. The monoisotopic (exact) mass is 423 g/mol. The number of nitrogens with zero attached hydrogens (tertiary/aromatic N) is 3. The second-order valence-electron chi connectivity index (χ2n) is 7.64. The number of aromatic nitrogens is 2. The summed E-state index contributed by atoms with van der Waals surface area (Å²) in [5.74, 6) is 1.81. The molecule has 5 N–H and O–H groups in total. The van der Waals surface area contributed by atoms with Gasteiger partial charge in [0.25, 0.3) is 5.56 Å². The molecule has 3 aromatic rings. The molecule has 0 amide bonds. The van der Waals surface area contributed by atoms with Gasteiger partial charge in [-0.15, -0.1) is 0 Å². The molecule has 9 heteroatoms. The SMILES string of the molecule is COc1cc(N2CCN(C)CC2)ccc1Nc1nc(NCCN)cc2cc[nH]c(=O)c12. The number of rotatable bonds is 7. The van der Waals surface area contributed by atoms with Crippen molar-refractivity contribution in [1.82, 2.24) is 14.9 Å². The van der Waals surface area contributed by atoms with Crippen LogP contribution in [0.25, 0.3) is 10.8 Å². The topological polar surface area (TPSA) is 112 Å². The fourth-order valence-corrected chi connectivity index (χ4v) is 3.77. The largest absolute Gasteiger partial charge is 0.494 e. The van der Waals surface area contributed by atoms with E-state index in [1.807, 2.05) is 24.3 Å². The summed E-state index contributed by atoms with van der Waals surface area (Å²) < 4.78 is 5.66. The van der Waals surface area contributed by atoms with E-state index in [-0.39, 0.29) is 5.56 Å². The van der Waals surface area contributed by atoms with Crippen molar-refractivity contribution in [3.05, 3.63) is 46.9 Å². The van der Waals surface area contributed by atoms with Crippen molar-refractivity contribution in [2.75, 3.05) is 69.0 Å². The molecule has 0 unspecified atom stereocenters. The molecule has 1 aliphatic rings. The number of anilines is 4. The minimum Gasteiger partial charge on any atom is -0.494 e. The first-order valence-electron chi connectivity index (χ1n) is 10.4. The number of piperazine rings is 1. The smallest absolute Gasteiger partial charge is 0.259 e. The lowest BCUT2D eigenvalue weighted by atomic mass is 10.2. The van der Waals surface area contributed by atoms with E-state index in [0.717, 1.165) is 42.9 Å². The summed E-state index contributed by atoms with van der Waals surface area (Å²) in [5.41, 5.74) is 7.27. The number of methoxy groups -OCH3 is 1. The molecule has 164 valence electrons. The van der Waals surface area contributed by atoms with Crippen molar-refractivity contribution >= 4 is 33.8 Å². The third-order valence-electron chi connectivity index (χ3n) is 5.51. The van der Waals surface area contributed by atoms with Gasteiger partial charge in [0.2, 0.25) is 0 Å². The van der Waals surface area contributed by atoms with E-state index in [1.165, 1.54) is 0 Å². The first-order valence-corrected chi connectivity index (χ1v) is 10.4. The number of nitrogens with two attached hydrogens (primary N) is 1. The Morgan fingerprint density at radius 2 is 2.00 bits per heavy atom. The van der Waals surface area contributed by atoms with Crippen LogP contribution in [-0.2, 0) is 0 Å². The van der Waals surface area contributed by atoms with Crippen LogP contribution in [0, 0.1) is 0 Å². The summed E-state index contributed by atoms with van der Waals surface area (Å²) in [6, 6.07) is 9.76. The molecule has 1 aliphatic heterocycles. The number of hydrogen-bond acceptors (Lipinski definition) is 8. The molecule has 31 heavy (non-hydrogen) atoms. The fraction of sp³-hybridized carbons (Fsp3) is 0.364. The first kappa shape index (κ1) is 21.0. The number of H-pyrrole nitrogens is 1. The molecule has 0 saturated carbocycles. The van der Waals surface area contributed by atoms with Gasteiger partial charge in [-0.05, 0) is 36.7 Å². The van der Waals surface area contributed by atoms with Crippen molar-refractivity contribution in [2.45, 2.75) is 0 Å². The average molecular weight is 424 g/mol. The number of fused-ring (bicyclic) bond motifs is 1. The molecule has 2 aromatic heterocycles. The van der Waals surface area contributed by atoms with Gasteiger partial charge in [-0.1, -0.05) is 0 Å². The van der Waals surface area contributed by atoms with Gasteiger partial charge in [0, 0.05) is 57.2 Å². The van der Waals surface area contributed by atoms with Gasteiger partial charge in [0.15, 0.2) is 0 Å². The van der Waals surface area contributed by atoms with Crippen molar-refractivity contribution in [2.24, 2.45) is 5.73 Å². The zero-order valence-electron chi connectivity index (χ0n) is 17.9. The molecular formula is C22H29N7O2. The highest BCUT2D eigenvalue weighted by molar-refractivity contribution is 5.95. The highest BCUT2D eigenvalue weighted by atomic mass is 16.5. The molecule has 0 bridgehead atoms. The molecule has 1 saturated heterocycles. The highest BCUT2D eigenvalue weighted by Crippen LogP contribution is 2.34. The van der Waals surface area contributed by atoms with Crippen LogP contribution in [0.1, 0.15) is 0 Å². The van der Waals surface area contributed by atoms with Crippen molar-refractivity contribution in [1.29, 1.82) is 0 Å². The number of benzene rings is 1. The lowest BCUT2D eigenvalue weighted by Gasteiger charge is -2.34. The van der Waals surface area contributed by atoms with Crippen LogP contribution < -0.4 is 31.6 Å². The Morgan fingerprint density at radius 1 is 1.19 bits per heavy atom. The normalized spacial score (nSPS) is 14.6. The van der Waals surface area contributed by atoms with Crippen molar-refractivity contribution < 1.29 is 4.74 Å². The van der Waals surface area contributed by atoms with E-state index < -0.39 is 0 Å². The third-order valence-corrected chi connectivity index (χ3v) is 5.51. The maximum Gasteiger partial charge on any atom is 0.259 e. The van der Waals surface area contributed by atoms with Crippen LogP contribution in [0.4, 0.5) is 23.0 Å². The molecule has 0 aliphatic carbocycles. The van der Waals surface area contributed by atoms with Crippen LogP contribution in [0.15, 0.2) is 41.3 Å². The van der Waals surface area contributed by atoms with Gasteiger partial charge < -0.3 is 35.9 Å². The predicted octanol–water partition coefficient (Wildman–Crippen LogP) is 1.80. The summed E-state index contributed by atoms with van der Waals surface area (Å²) in [4.78, 5) is 24.6. The van der Waals surface area contributed by atoms with Crippen molar-refractivity contribution in [3.8, 4) is 5.75 Å². The maximum absolute atomic E-state index is 12.5. The minimum absolute atomic E-state index is 0.203. The standard InChI is InChI=1S/C22H29N7O2/c1-28-9-11-29(12-10-28)16-3-4-17(18(14-16)31-2)26-21-20-15(5-7-25-22(20)30)13-19(27-21)24-8-6-23/h3-5,7,13-14H,6,8-12,23H2,1-2H3,(H,25,30)(H2,24,26,27). The average Bonchev–Trinajstić information content (AvgIpc) is 2.78. The van der Waals surface area contributed by atoms with Crippen LogP contribution in [0.2, 0.25) is 0 Å². The zero-order valence-corrected chi connectivity index (χ0v) is 17.9.